The molecular formula is C11H14F2O. The van der Waals surface area contributed by atoms with Crippen LogP contribution in [0.5, 0.6) is 5.75 Å². The zero-order valence-corrected chi connectivity index (χ0v) is 8.55. The maximum atomic E-state index is 13.5. The average Bonchev–Trinajstić information content (AvgIpc) is 2.17. The summed E-state index contributed by atoms with van der Waals surface area (Å²) in [4.78, 5) is 0. The molecule has 14 heavy (non-hydrogen) atoms. The van der Waals surface area contributed by atoms with Gasteiger partial charge in [0.25, 0.3) is 5.92 Å². The predicted molar refractivity (Wildman–Crippen MR) is 51.7 cm³/mol. The van der Waals surface area contributed by atoms with Crippen molar-refractivity contribution in [2.45, 2.75) is 19.8 Å². The van der Waals surface area contributed by atoms with Gasteiger partial charge in [0.1, 0.15) is 5.75 Å². The number of halogens is 2. The Morgan fingerprint density at radius 2 is 1.93 bits per heavy atom. The largest absolute Gasteiger partial charge is 0.497 e. The molecule has 0 atom stereocenters. The van der Waals surface area contributed by atoms with Crippen molar-refractivity contribution in [3.05, 3.63) is 29.8 Å². The van der Waals surface area contributed by atoms with Crippen LogP contribution in [0.2, 0.25) is 0 Å². The smallest absolute Gasteiger partial charge is 0.275 e. The summed E-state index contributed by atoms with van der Waals surface area (Å²) in [6, 6.07) is 6.02. The molecule has 0 aliphatic heterocycles. The minimum absolute atomic E-state index is 0.00634. The Morgan fingerprint density at radius 1 is 1.29 bits per heavy atom. The molecule has 0 radical (unpaired) electrons. The fourth-order valence-corrected chi connectivity index (χ4v) is 1.16. The van der Waals surface area contributed by atoms with Crippen molar-refractivity contribution in [1.29, 1.82) is 0 Å². The lowest BCUT2D eigenvalue weighted by molar-refractivity contribution is -0.0515. The molecule has 0 amide bonds. The van der Waals surface area contributed by atoms with Crippen LogP contribution < -0.4 is 4.74 Å². The van der Waals surface area contributed by atoms with Gasteiger partial charge in [0.05, 0.1) is 7.11 Å². The second kappa shape index (κ2) is 3.95. The van der Waals surface area contributed by atoms with Gasteiger partial charge >= 0.3 is 0 Å². The lowest BCUT2D eigenvalue weighted by Crippen LogP contribution is -2.20. The van der Waals surface area contributed by atoms with Crippen molar-refractivity contribution in [2.24, 2.45) is 5.92 Å². The molecule has 1 nitrogen and oxygen atoms in total. The molecule has 78 valence electrons. The fraction of sp³-hybridized carbons (Fsp3) is 0.455. The molecule has 0 aliphatic rings. The third-order valence-electron chi connectivity index (χ3n) is 2.18. The topological polar surface area (TPSA) is 9.23 Å². The van der Waals surface area contributed by atoms with E-state index in [9.17, 15) is 8.78 Å². The average molecular weight is 200 g/mol. The van der Waals surface area contributed by atoms with Crippen LogP contribution in [0.3, 0.4) is 0 Å². The Balaban J connectivity index is 3.06. The summed E-state index contributed by atoms with van der Waals surface area (Å²) in [7, 11) is 1.46. The summed E-state index contributed by atoms with van der Waals surface area (Å²) in [6.07, 6.45) is 0. The predicted octanol–water partition coefficient (Wildman–Crippen LogP) is 3.44. The first kappa shape index (κ1) is 11.0. The Bertz CT molecular complexity index is 308. The molecule has 0 saturated carbocycles. The quantitative estimate of drug-likeness (QED) is 0.726. The number of hydrogen-bond donors (Lipinski definition) is 0. The highest BCUT2D eigenvalue weighted by Gasteiger charge is 2.35. The summed E-state index contributed by atoms with van der Waals surface area (Å²) < 4.78 is 32.0. The summed E-state index contributed by atoms with van der Waals surface area (Å²) >= 11 is 0. The van der Waals surface area contributed by atoms with Crippen LogP contribution in [0.1, 0.15) is 19.4 Å². The van der Waals surface area contributed by atoms with Gasteiger partial charge in [0.2, 0.25) is 0 Å². The first-order valence-corrected chi connectivity index (χ1v) is 4.51. The summed E-state index contributed by atoms with van der Waals surface area (Å²) in [6.45, 7) is 3.00. The molecule has 0 saturated heterocycles. The Labute approximate surface area is 82.7 Å². The zero-order chi connectivity index (χ0) is 10.8. The molecule has 0 unspecified atom stereocenters. The molecule has 0 fully saturated rings. The minimum Gasteiger partial charge on any atom is -0.497 e. The van der Waals surface area contributed by atoms with E-state index in [-0.39, 0.29) is 5.56 Å². The van der Waals surface area contributed by atoms with Crippen molar-refractivity contribution in [2.75, 3.05) is 7.11 Å². The monoisotopic (exact) mass is 200 g/mol. The number of ether oxygens (including phenoxy) is 1. The van der Waals surface area contributed by atoms with Gasteiger partial charge in [0.15, 0.2) is 0 Å². The SMILES string of the molecule is COc1cccc(C(F)(F)C(C)C)c1. The highest BCUT2D eigenvalue weighted by Crippen LogP contribution is 2.36. The molecule has 1 rings (SSSR count). The molecule has 0 heterocycles. The van der Waals surface area contributed by atoms with E-state index in [1.165, 1.54) is 33.1 Å². The number of benzene rings is 1. The normalized spacial score (nSPS) is 11.9. The van der Waals surface area contributed by atoms with Gasteiger partial charge in [-0.15, -0.1) is 0 Å². The van der Waals surface area contributed by atoms with E-state index in [0.717, 1.165) is 0 Å². The highest BCUT2D eigenvalue weighted by molar-refractivity contribution is 5.31. The van der Waals surface area contributed by atoms with E-state index in [0.29, 0.717) is 5.75 Å². The van der Waals surface area contributed by atoms with Gasteiger partial charge in [-0.3, -0.25) is 0 Å². The van der Waals surface area contributed by atoms with E-state index >= 15 is 0 Å². The van der Waals surface area contributed by atoms with Crippen molar-refractivity contribution >= 4 is 0 Å². The first-order valence-electron chi connectivity index (χ1n) is 4.51. The van der Waals surface area contributed by atoms with Crippen LogP contribution in [0, 0.1) is 5.92 Å². The van der Waals surface area contributed by atoms with Gasteiger partial charge in [-0.1, -0.05) is 26.0 Å². The number of rotatable bonds is 3. The number of alkyl halides is 2. The molecule has 3 heteroatoms. The zero-order valence-electron chi connectivity index (χ0n) is 8.55. The molecule has 1 aromatic rings. The molecule has 0 bridgehead atoms. The third-order valence-corrected chi connectivity index (χ3v) is 2.18. The van der Waals surface area contributed by atoms with Crippen molar-refractivity contribution in [1.82, 2.24) is 0 Å². The third kappa shape index (κ3) is 2.03. The Kier molecular flexibility index (Phi) is 3.09. The van der Waals surface area contributed by atoms with Crippen molar-refractivity contribution < 1.29 is 13.5 Å². The molecule has 0 aromatic heterocycles. The van der Waals surface area contributed by atoms with Gasteiger partial charge in [-0.05, 0) is 12.1 Å². The standard InChI is InChI=1S/C11H14F2O/c1-8(2)11(12,13)9-5-4-6-10(7-9)14-3/h4-8H,1-3H3. The second-order valence-electron chi connectivity index (χ2n) is 3.51. The Hall–Kier alpha value is -1.12. The fourth-order valence-electron chi connectivity index (χ4n) is 1.16. The molecule has 0 aliphatic carbocycles. The summed E-state index contributed by atoms with van der Waals surface area (Å²) in [5, 5.41) is 0. The van der Waals surface area contributed by atoms with Crippen LogP contribution in [-0.2, 0) is 5.92 Å². The molecular weight excluding hydrogens is 186 g/mol. The van der Waals surface area contributed by atoms with Crippen LogP contribution >= 0.6 is 0 Å². The lowest BCUT2D eigenvalue weighted by atomic mass is 9.98. The van der Waals surface area contributed by atoms with Crippen molar-refractivity contribution in [3.8, 4) is 5.75 Å². The van der Waals surface area contributed by atoms with E-state index in [4.69, 9.17) is 4.74 Å². The van der Waals surface area contributed by atoms with Gasteiger partial charge in [-0.25, -0.2) is 8.78 Å². The number of methoxy groups -OCH3 is 1. The van der Waals surface area contributed by atoms with Crippen LogP contribution in [-0.4, -0.2) is 7.11 Å². The van der Waals surface area contributed by atoms with E-state index < -0.39 is 11.8 Å². The minimum atomic E-state index is -2.80. The Morgan fingerprint density at radius 3 is 2.43 bits per heavy atom. The molecule has 0 N–H and O–H groups in total. The molecule has 0 spiro atoms. The van der Waals surface area contributed by atoms with Crippen molar-refractivity contribution in [3.63, 3.8) is 0 Å². The number of hydrogen-bond acceptors (Lipinski definition) is 1. The van der Waals surface area contributed by atoms with Gasteiger partial charge < -0.3 is 4.74 Å². The highest BCUT2D eigenvalue weighted by atomic mass is 19.3. The van der Waals surface area contributed by atoms with Crippen LogP contribution in [0.25, 0.3) is 0 Å². The molecule has 1 aromatic carbocycles. The second-order valence-corrected chi connectivity index (χ2v) is 3.51. The van der Waals surface area contributed by atoms with Crippen LogP contribution in [0.4, 0.5) is 8.78 Å². The summed E-state index contributed by atoms with van der Waals surface area (Å²) in [5.41, 5.74) is 0.00634. The summed E-state index contributed by atoms with van der Waals surface area (Å²) in [5.74, 6) is -3.05. The van der Waals surface area contributed by atoms with Gasteiger partial charge in [0, 0.05) is 11.5 Å². The van der Waals surface area contributed by atoms with Crippen LogP contribution in [0.15, 0.2) is 24.3 Å². The lowest BCUT2D eigenvalue weighted by Gasteiger charge is -2.20. The van der Waals surface area contributed by atoms with E-state index in [1.807, 2.05) is 0 Å². The van der Waals surface area contributed by atoms with E-state index in [2.05, 4.69) is 0 Å². The maximum absolute atomic E-state index is 13.5. The van der Waals surface area contributed by atoms with E-state index in [1.54, 1.807) is 12.1 Å². The van der Waals surface area contributed by atoms with Gasteiger partial charge in [-0.2, -0.15) is 0 Å². The maximum Gasteiger partial charge on any atom is 0.275 e. The first-order chi connectivity index (χ1) is 6.48.